The van der Waals surface area contributed by atoms with Gasteiger partial charge in [-0.05, 0) is 27.7 Å². The Morgan fingerprint density at radius 3 is 2.65 bits per heavy atom. The largest absolute Gasteiger partial charge is 0.444 e. The van der Waals surface area contributed by atoms with Crippen LogP contribution in [0, 0.1) is 0 Å². The molecule has 23 heavy (non-hydrogen) atoms. The number of fused-ring (bicyclic) bond motifs is 1. The van der Waals surface area contributed by atoms with Crippen LogP contribution >= 0.6 is 0 Å². The molecule has 0 radical (unpaired) electrons. The van der Waals surface area contributed by atoms with E-state index in [9.17, 15) is 4.79 Å². The summed E-state index contributed by atoms with van der Waals surface area (Å²) in [5, 5.41) is 8.40. The van der Waals surface area contributed by atoms with Crippen LogP contribution < -0.4 is 0 Å². The Kier molecular flexibility index (Phi) is 5.59. The van der Waals surface area contributed by atoms with Crippen LogP contribution in [0.3, 0.4) is 0 Å². The van der Waals surface area contributed by atoms with Crippen LogP contribution in [0.2, 0.25) is 0 Å². The summed E-state index contributed by atoms with van der Waals surface area (Å²) < 4.78 is 18.1. The Balaban J connectivity index is 1.99. The van der Waals surface area contributed by atoms with Gasteiger partial charge in [0.15, 0.2) is 11.6 Å². The maximum Gasteiger partial charge on any atom is 0.410 e. The number of methoxy groups -OCH3 is 1. The number of carbonyl (C=O) groups excluding carboxylic acids is 1. The van der Waals surface area contributed by atoms with Crippen LogP contribution in [0.5, 0.6) is 0 Å². The zero-order chi connectivity index (χ0) is 17.0. The topological polar surface area (TPSA) is 78.7 Å². The molecule has 2 rings (SSSR count). The molecule has 1 aromatic rings. The van der Waals surface area contributed by atoms with Gasteiger partial charge in [-0.1, -0.05) is 0 Å². The molecule has 0 spiro atoms. The van der Waals surface area contributed by atoms with Crippen molar-refractivity contribution >= 4 is 6.09 Å². The van der Waals surface area contributed by atoms with Gasteiger partial charge in [0.25, 0.3) is 0 Å². The number of amides is 1. The minimum absolute atomic E-state index is 0.167. The van der Waals surface area contributed by atoms with Crippen molar-refractivity contribution in [3.63, 3.8) is 0 Å². The molecule has 0 fully saturated rings. The minimum atomic E-state index is -0.503. The number of hydrogen-bond acceptors (Lipinski definition) is 6. The number of carbonyl (C=O) groups is 1. The fraction of sp³-hybridized carbons (Fsp3) is 0.800. The summed E-state index contributed by atoms with van der Waals surface area (Å²) in [5.41, 5.74) is -0.503. The first-order valence-corrected chi connectivity index (χ1v) is 7.82. The van der Waals surface area contributed by atoms with Gasteiger partial charge < -0.3 is 18.8 Å². The normalized spacial score (nSPS) is 16.1. The molecule has 0 aliphatic carbocycles. The van der Waals surface area contributed by atoms with Crippen LogP contribution in [0.15, 0.2) is 0 Å². The molecule has 2 heterocycles. The Labute approximate surface area is 136 Å². The summed E-state index contributed by atoms with van der Waals surface area (Å²) in [7, 11) is 1.64. The second-order valence-corrected chi connectivity index (χ2v) is 6.53. The molecule has 0 N–H and O–H groups in total. The van der Waals surface area contributed by atoms with Crippen LogP contribution in [-0.2, 0) is 27.3 Å². The van der Waals surface area contributed by atoms with Crippen LogP contribution in [0.1, 0.15) is 45.4 Å². The Morgan fingerprint density at radius 1 is 1.26 bits per heavy atom. The summed E-state index contributed by atoms with van der Waals surface area (Å²) in [6.45, 7) is 10.1. The molecule has 0 saturated carbocycles. The van der Waals surface area contributed by atoms with Gasteiger partial charge >= 0.3 is 6.09 Å². The number of rotatable bonds is 5. The van der Waals surface area contributed by atoms with Crippen molar-refractivity contribution in [1.29, 1.82) is 0 Å². The Morgan fingerprint density at radius 2 is 2.00 bits per heavy atom. The zero-order valence-corrected chi connectivity index (χ0v) is 14.5. The third kappa shape index (κ3) is 4.65. The first kappa shape index (κ1) is 17.7. The van der Waals surface area contributed by atoms with Gasteiger partial charge in [0.1, 0.15) is 11.7 Å². The van der Waals surface area contributed by atoms with Crippen molar-refractivity contribution < 1.29 is 19.0 Å². The van der Waals surface area contributed by atoms with E-state index in [-0.39, 0.29) is 12.2 Å². The van der Waals surface area contributed by atoms with Crippen molar-refractivity contribution in [2.75, 3.05) is 26.9 Å². The molecule has 8 heteroatoms. The lowest BCUT2D eigenvalue weighted by molar-refractivity contribution is 0.0143. The van der Waals surface area contributed by atoms with Crippen molar-refractivity contribution in [3.8, 4) is 0 Å². The quantitative estimate of drug-likeness (QED) is 0.767. The summed E-state index contributed by atoms with van der Waals surface area (Å²) >= 11 is 0. The highest BCUT2D eigenvalue weighted by Gasteiger charge is 2.29. The van der Waals surface area contributed by atoms with Gasteiger partial charge in [-0.3, -0.25) is 4.90 Å². The van der Waals surface area contributed by atoms with E-state index in [0.717, 1.165) is 11.6 Å². The van der Waals surface area contributed by atoms with Crippen molar-refractivity contribution in [1.82, 2.24) is 19.7 Å². The van der Waals surface area contributed by atoms with E-state index >= 15 is 0 Å². The first-order chi connectivity index (χ1) is 10.8. The lowest BCUT2D eigenvalue weighted by atomic mass is 10.2. The number of aromatic nitrogens is 3. The lowest BCUT2D eigenvalue weighted by Gasteiger charge is -2.30. The molecular formula is C15H26N4O4. The molecule has 0 bridgehead atoms. The van der Waals surface area contributed by atoms with Gasteiger partial charge in [-0.2, -0.15) is 0 Å². The Bertz CT molecular complexity index is 538. The summed E-state index contributed by atoms with van der Waals surface area (Å²) in [6, 6.07) is 0. The SMILES string of the molecule is COCCOC(C)c1nnc2n1CCN(C(=O)OC(C)(C)C)C2. The lowest BCUT2D eigenvalue weighted by Crippen LogP contribution is -2.42. The molecule has 1 aromatic heterocycles. The second-order valence-electron chi connectivity index (χ2n) is 6.53. The van der Waals surface area contributed by atoms with Gasteiger partial charge in [0.2, 0.25) is 0 Å². The fourth-order valence-electron chi connectivity index (χ4n) is 2.35. The predicted octanol–water partition coefficient (Wildman–Crippen LogP) is 1.75. The average molecular weight is 326 g/mol. The number of hydrogen-bond donors (Lipinski definition) is 0. The van der Waals surface area contributed by atoms with E-state index in [1.54, 1.807) is 12.0 Å². The highest BCUT2D eigenvalue weighted by molar-refractivity contribution is 5.68. The van der Waals surface area contributed by atoms with Crippen molar-refractivity contribution in [2.45, 2.75) is 52.5 Å². The third-order valence-corrected chi connectivity index (χ3v) is 3.45. The molecule has 1 unspecified atom stereocenters. The fourth-order valence-corrected chi connectivity index (χ4v) is 2.35. The summed E-state index contributed by atoms with van der Waals surface area (Å²) in [4.78, 5) is 13.8. The van der Waals surface area contributed by atoms with Crippen LogP contribution in [0.25, 0.3) is 0 Å². The second kappa shape index (κ2) is 7.27. The van der Waals surface area contributed by atoms with Gasteiger partial charge in [0, 0.05) is 20.2 Å². The monoisotopic (exact) mass is 326 g/mol. The van der Waals surface area contributed by atoms with Gasteiger partial charge in [-0.25, -0.2) is 4.79 Å². The average Bonchev–Trinajstić information content (AvgIpc) is 2.88. The van der Waals surface area contributed by atoms with E-state index in [4.69, 9.17) is 14.2 Å². The third-order valence-electron chi connectivity index (χ3n) is 3.45. The van der Waals surface area contributed by atoms with E-state index in [1.807, 2.05) is 32.3 Å². The molecule has 0 aromatic carbocycles. The molecular weight excluding hydrogens is 300 g/mol. The van der Waals surface area contributed by atoms with Crippen molar-refractivity contribution in [2.24, 2.45) is 0 Å². The molecule has 1 atom stereocenters. The molecule has 1 amide bonds. The standard InChI is InChI=1S/C15H26N4O4/c1-11(22-9-8-21-5)13-17-16-12-10-18(6-7-19(12)13)14(20)23-15(2,3)4/h11H,6-10H2,1-5H3. The van der Waals surface area contributed by atoms with E-state index < -0.39 is 5.60 Å². The molecule has 1 aliphatic rings. The van der Waals surface area contributed by atoms with Gasteiger partial charge in [-0.15, -0.1) is 10.2 Å². The summed E-state index contributed by atoms with van der Waals surface area (Å²) in [5.74, 6) is 1.53. The van der Waals surface area contributed by atoms with Crippen molar-refractivity contribution in [3.05, 3.63) is 11.6 Å². The molecule has 1 aliphatic heterocycles. The predicted molar refractivity (Wildman–Crippen MR) is 82.9 cm³/mol. The van der Waals surface area contributed by atoms with Gasteiger partial charge in [0.05, 0.1) is 19.8 Å². The van der Waals surface area contributed by atoms with Crippen LogP contribution in [0.4, 0.5) is 4.79 Å². The number of nitrogens with zero attached hydrogens (tertiary/aromatic N) is 4. The molecule has 130 valence electrons. The molecule has 8 nitrogen and oxygen atoms in total. The first-order valence-electron chi connectivity index (χ1n) is 7.82. The van der Waals surface area contributed by atoms with Crippen LogP contribution in [-0.4, -0.2) is 58.2 Å². The highest BCUT2D eigenvalue weighted by Crippen LogP contribution is 2.21. The van der Waals surface area contributed by atoms with E-state index in [0.29, 0.717) is 32.8 Å². The number of ether oxygens (including phenoxy) is 3. The Hall–Kier alpha value is -1.67. The smallest absolute Gasteiger partial charge is 0.410 e. The van der Waals surface area contributed by atoms with E-state index in [2.05, 4.69) is 10.2 Å². The maximum absolute atomic E-state index is 12.1. The maximum atomic E-state index is 12.1. The zero-order valence-electron chi connectivity index (χ0n) is 14.5. The summed E-state index contributed by atoms with van der Waals surface area (Å²) in [6.07, 6.45) is -0.489. The minimum Gasteiger partial charge on any atom is -0.444 e. The molecule has 0 saturated heterocycles. The highest BCUT2D eigenvalue weighted by atomic mass is 16.6. The van der Waals surface area contributed by atoms with E-state index in [1.165, 1.54) is 0 Å².